The Morgan fingerprint density at radius 1 is 1.17 bits per heavy atom. The lowest BCUT2D eigenvalue weighted by Gasteiger charge is -2.35. The van der Waals surface area contributed by atoms with Crippen LogP contribution in [0.4, 0.5) is 11.5 Å². The van der Waals surface area contributed by atoms with Gasteiger partial charge in [0.1, 0.15) is 16.6 Å². The summed E-state index contributed by atoms with van der Waals surface area (Å²) < 4.78 is 5.46. The van der Waals surface area contributed by atoms with Crippen LogP contribution >= 0.6 is 11.3 Å². The van der Waals surface area contributed by atoms with Crippen molar-refractivity contribution in [2.24, 2.45) is 5.92 Å². The van der Waals surface area contributed by atoms with Crippen LogP contribution in [0.15, 0.2) is 24.4 Å². The molecule has 2 aliphatic rings. The molecule has 30 heavy (non-hydrogen) atoms. The van der Waals surface area contributed by atoms with Gasteiger partial charge in [-0.2, -0.15) is 0 Å². The van der Waals surface area contributed by atoms with Crippen molar-refractivity contribution in [3.63, 3.8) is 0 Å². The van der Waals surface area contributed by atoms with E-state index in [9.17, 15) is 5.11 Å². The highest BCUT2D eigenvalue weighted by Gasteiger charge is 2.30. The van der Waals surface area contributed by atoms with Crippen LogP contribution in [0.3, 0.4) is 0 Å². The van der Waals surface area contributed by atoms with Gasteiger partial charge in [-0.05, 0) is 43.2 Å². The van der Waals surface area contributed by atoms with E-state index in [4.69, 9.17) is 4.74 Å². The first-order valence-corrected chi connectivity index (χ1v) is 11.3. The normalized spacial score (nSPS) is 21.2. The Morgan fingerprint density at radius 3 is 2.83 bits per heavy atom. The molecular formula is C21H26N6O2S. The van der Waals surface area contributed by atoms with Gasteiger partial charge in [-0.3, -0.25) is 0 Å². The smallest absolute Gasteiger partial charge is 0.162 e. The van der Waals surface area contributed by atoms with E-state index in [0.29, 0.717) is 0 Å². The van der Waals surface area contributed by atoms with Crippen LogP contribution in [0, 0.1) is 12.8 Å². The monoisotopic (exact) mass is 426 g/mol. The number of morpholine rings is 1. The van der Waals surface area contributed by atoms with Crippen LogP contribution in [0.5, 0.6) is 0 Å². The van der Waals surface area contributed by atoms with Crippen LogP contribution in [0.2, 0.25) is 0 Å². The summed E-state index contributed by atoms with van der Waals surface area (Å²) in [6, 6.07) is 6.32. The Kier molecular flexibility index (Phi) is 5.49. The highest BCUT2D eigenvalue weighted by Crippen LogP contribution is 2.35. The molecule has 2 unspecified atom stereocenters. The van der Waals surface area contributed by atoms with Gasteiger partial charge in [-0.15, -0.1) is 21.5 Å². The van der Waals surface area contributed by atoms with Crippen LogP contribution in [-0.4, -0.2) is 64.9 Å². The van der Waals surface area contributed by atoms with Crippen molar-refractivity contribution in [2.45, 2.75) is 25.9 Å². The zero-order valence-corrected chi connectivity index (χ0v) is 17.9. The van der Waals surface area contributed by atoms with Crippen molar-refractivity contribution >= 4 is 33.7 Å². The fourth-order valence-corrected chi connectivity index (χ4v) is 5.23. The number of anilines is 2. The number of rotatable bonds is 4. The van der Waals surface area contributed by atoms with Crippen molar-refractivity contribution < 1.29 is 9.84 Å². The topological polar surface area (TPSA) is 87.5 Å². The minimum Gasteiger partial charge on any atom is -0.386 e. The van der Waals surface area contributed by atoms with Crippen molar-refractivity contribution in [3.8, 4) is 0 Å². The predicted molar refractivity (Wildman–Crippen MR) is 117 cm³/mol. The first-order chi connectivity index (χ1) is 14.7. The van der Waals surface area contributed by atoms with Crippen molar-refractivity contribution in [1.82, 2.24) is 20.4 Å². The molecule has 1 aromatic carbocycles. The maximum Gasteiger partial charge on any atom is 0.162 e. The lowest BCUT2D eigenvalue weighted by Crippen LogP contribution is -2.38. The number of fused-ring (bicyclic) bond motifs is 1. The minimum atomic E-state index is -0.541. The minimum absolute atomic E-state index is 0.127. The summed E-state index contributed by atoms with van der Waals surface area (Å²) in [5.41, 5.74) is 1.99. The third kappa shape index (κ3) is 3.84. The molecule has 1 N–H and O–H groups in total. The number of aliphatic hydroxyl groups excluding tert-OH is 1. The summed E-state index contributed by atoms with van der Waals surface area (Å²) in [5.74, 6) is 0.975. The molecule has 4 heterocycles. The third-order valence-corrected chi connectivity index (χ3v) is 6.97. The summed E-state index contributed by atoms with van der Waals surface area (Å²) >= 11 is 1.57. The van der Waals surface area contributed by atoms with Gasteiger partial charge in [-0.1, -0.05) is 0 Å². The number of aryl methyl sites for hydroxylation is 1. The quantitative estimate of drug-likeness (QED) is 0.681. The molecule has 2 aromatic heterocycles. The molecule has 0 amide bonds. The van der Waals surface area contributed by atoms with Gasteiger partial charge in [0.2, 0.25) is 0 Å². The van der Waals surface area contributed by atoms with Gasteiger partial charge in [-0.25, -0.2) is 4.98 Å². The number of ether oxygens (including phenoxy) is 1. The van der Waals surface area contributed by atoms with Gasteiger partial charge in [0.05, 0.1) is 13.2 Å². The molecule has 158 valence electrons. The Balaban J connectivity index is 1.39. The summed E-state index contributed by atoms with van der Waals surface area (Å²) in [4.78, 5) is 10.1. The number of aliphatic hydroxyl groups is 1. The molecular weight excluding hydrogens is 400 g/mol. The lowest BCUT2D eigenvalue weighted by atomic mass is 9.92. The van der Waals surface area contributed by atoms with E-state index in [0.717, 1.165) is 84.5 Å². The Morgan fingerprint density at radius 2 is 2.03 bits per heavy atom. The number of hydrogen-bond donors (Lipinski definition) is 1. The van der Waals surface area contributed by atoms with Gasteiger partial charge in [0.15, 0.2) is 5.82 Å². The molecule has 8 nitrogen and oxygen atoms in total. The van der Waals surface area contributed by atoms with Crippen LogP contribution in [0.1, 0.15) is 28.8 Å². The average molecular weight is 427 g/mol. The van der Waals surface area contributed by atoms with Gasteiger partial charge >= 0.3 is 0 Å². The molecule has 0 bridgehead atoms. The van der Waals surface area contributed by atoms with E-state index in [1.165, 1.54) is 0 Å². The van der Waals surface area contributed by atoms with E-state index >= 15 is 0 Å². The highest BCUT2D eigenvalue weighted by atomic mass is 32.1. The molecule has 9 heteroatoms. The Hall–Kier alpha value is -2.36. The average Bonchev–Trinajstić information content (AvgIpc) is 3.24. The van der Waals surface area contributed by atoms with Crippen molar-refractivity contribution in [1.29, 1.82) is 0 Å². The second-order valence-electron chi connectivity index (χ2n) is 8.02. The SMILES string of the molecule is Cc1cnc(C(O)C2CCCN(c3nnnc4cc(N5CCOCC5)ccc34)C2)s1. The fourth-order valence-electron chi connectivity index (χ4n) is 4.38. The summed E-state index contributed by atoms with van der Waals surface area (Å²) in [6.07, 6.45) is 3.27. The van der Waals surface area contributed by atoms with Gasteiger partial charge in [0, 0.05) is 54.2 Å². The van der Waals surface area contributed by atoms with E-state index in [1.807, 2.05) is 13.1 Å². The maximum atomic E-state index is 10.9. The molecule has 2 aliphatic heterocycles. The maximum absolute atomic E-state index is 10.9. The van der Waals surface area contributed by atoms with E-state index < -0.39 is 6.10 Å². The molecule has 0 aliphatic carbocycles. The zero-order chi connectivity index (χ0) is 20.5. The molecule has 0 spiro atoms. The standard InChI is InChI=1S/C21H26N6O2S/c1-14-12-22-21(30-14)19(28)15-3-2-6-27(13-15)20-17-5-4-16(11-18(17)23-25-24-20)26-7-9-29-10-8-26/h4-5,11-12,15,19,28H,2-3,6-10,13H2,1H3. The molecule has 2 fully saturated rings. The van der Waals surface area contributed by atoms with Gasteiger partial charge in [0.25, 0.3) is 0 Å². The van der Waals surface area contributed by atoms with E-state index in [-0.39, 0.29) is 5.92 Å². The number of hydrogen-bond acceptors (Lipinski definition) is 9. The number of benzene rings is 1. The van der Waals surface area contributed by atoms with Crippen molar-refractivity contribution in [3.05, 3.63) is 34.3 Å². The highest BCUT2D eigenvalue weighted by molar-refractivity contribution is 7.11. The molecule has 0 saturated carbocycles. The molecule has 3 aromatic rings. The largest absolute Gasteiger partial charge is 0.386 e. The Labute approximate surface area is 179 Å². The summed E-state index contributed by atoms with van der Waals surface area (Å²) in [7, 11) is 0. The molecule has 2 atom stereocenters. The van der Waals surface area contributed by atoms with E-state index in [1.54, 1.807) is 11.3 Å². The van der Waals surface area contributed by atoms with Crippen molar-refractivity contribution in [2.75, 3.05) is 49.2 Å². The second-order valence-corrected chi connectivity index (χ2v) is 9.28. The first-order valence-electron chi connectivity index (χ1n) is 10.5. The molecule has 5 rings (SSSR count). The number of nitrogens with zero attached hydrogens (tertiary/aromatic N) is 6. The number of thiazole rings is 1. The third-order valence-electron chi connectivity index (χ3n) is 5.99. The number of aromatic nitrogens is 4. The summed E-state index contributed by atoms with van der Waals surface area (Å²) in [6.45, 7) is 6.93. The predicted octanol–water partition coefficient (Wildman–Crippen LogP) is 2.58. The zero-order valence-electron chi connectivity index (χ0n) is 17.1. The Bertz CT molecular complexity index is 1020. The first kappa shape index (κ1) is 19.6. The fraction of sp³-hybridized carbons (Fsp3) is 0.524. The summed E-state index contributed by atoms with van der Waals surface area (Å²) in [5, 5.41) is 25.4. The second kappa shape index (κ2) is 8.41. The number of piperidine rings is 1. The van der Waals surface area contributed by atoms with Gasteiger partial charge < -0.3 is 19.6 Å². The van der Waals surface area contributed by atoms with Crippen LogP contribution < -0.4 is 9.80 Å². The molecule has 0 radical (unpaired) electrons. The van der Waals surface area contributed by atoms with E-state index in [2.05, 4.69) is 48.4 Å². The lowest BCUT2D eigenvalue weighted by molar-refractivity contribution is 0.0977. The molecule has 2 saturated heterocycles. The van der Waals surface area contributed by atoms with Crippen LogP contribution in [0.25, 0.3) is 10.9 Å². The van der Waals surface area contributed by atoms with Crippen LogP contribution in [-0.2, 0) is 4.74 Å².